The maximum atomic E-state index is 11.2. The van der Waals surface area contributed by atoms with Gasteiger partial charge >= 0.3 is 11.7 Å². The molecule has 0 atom stereocenters. The molecule has 1 aromatic heterocycles. The van der Waals surface area contributed by atoms with Crippen molar-refractivity contribution in [2.24, 2.45) is 0 Å². The van der Waals surface area contributed by atoms with Crippen molar-refractivity contribution in [3.8, 4) is 0 Å². The zero-order valence-corrected chi connectivity index (χ0v) is 11.1. The van der Waals surface area contributed by atoms with E-state index in [9.17, 15) is 14.9 Å². The van der Waals surface area contributed by atoms with Crippen molar-refractivity contribution in [1.82, 2.24) is 15.2 Å². The fourth-order valence-electron chi connectivity index (χ4n) is 1.34. The average Bonchev–Trinajstić information content (AvgIpc) is 2.35. The minimum absolute atomic E-state index is 0.0704. The summed E-state index contributed by atoms with van der Waals surface area (Å²) in [5.74, 6) is 0.203. The number of pyridine rings is 1. The maximum Gasteiger partial charge on any atom is 0.316 e. The van der Waals surface area contributed by atoms with Gasteiger partial charge in [0.25, 0.3) is 0 Å². The molecular formula is C11H17N5O3. The number of hydrogen-bond acceptors (Lipinski definition) is 5. The van der Waals surface area contributed by atoms with E-state index in [4.69, 9.17) is 0 Å². The first-order valence-corrected chi connectivity index (χ1v) is 5.72. The third-order valence-electron chi connectivity index (χ3n) is 2.30. The second kappa shape index (κ2) is 6.53. The second-order valence-corrected chi connectivity index (χ2v) is 4.19. The normalized spacial score (nSPS) is 9.84. The first-order valence-electron chi connectivity index (χ1n) is 5.72. The molecule has 0 fully saturated rings. The van der Waals surface area contributed by atoms with Crippen LogP contribution in [0.5, 0.6) is 0 Å². The summed E-state index contributed by atoms with van der Waals surface area (Å²) in [6.07, 6.45) is 1.55. The first kappa shape index (κ1) is 14.7. The van der Waals surface area contributed by atoms with E-state index >= 15 is 0 Å². The highest BCUT2D eigenvalue weighted by atomic mass is 16.6. The molecule has 0 saturated carbocycles. The van der Waals surface area contributed by atoms with Crippen LogP contribution < -0.4 is 10.6 Å². The summed E-state index contributed by atoms with van der Waals surface area (Å²) in [4.78, 5) is 27.0. The van der Waals surface area contributed by atoms with E-state index < -0.39 is 4.92 Å². The quantitative estimate of drug-likeness (QED) is 0.470. The summed E-state index contributed by atoms with van der Waals surface area (Å²) in [6.45, 7) is 2.45. The number of amides is 2. The Morgan fingerprint density at radius 1 is 1.47 bits per heavy atom. The van der Waals surface area contributed by atoms with Crippen LogP contribution in [0, 0.1) is 17.0 Å². The minimum Gasteiger partial charge on any atom is -0.363 e. The molecule has 0 radical (unpaired) electrons. The zero-order chi connectivity index (χ0) is 14.4. The molecule has 19 heavy (non-hydrogen) atoms. The smallest absolute Gasteiger partial charge is 0.316 e. The van der Waals surface area contributed by atoms with Gasteiger partial charge in [0.05, 0.1) is 4.92 Å². The number of carbonyl (C=O) groups excluding carboxylic acids is 1. The van der Waals surface area contributed by atoms with Gasteiger partial charge < -0.3 is 15.5 Å². The van der Waals surface area contributed by atoms with Crippen LogP contribution in [0.3, 0.4) is 0 Å². The van der Waals surface area contributed by atoms with E-state index in [0.717, 1.165) is 5.56 Å². The van der Waals surface area contributed by atoms with E-state index in [0.29, 0.717) is 13.1 Å². The lowest BCUT2D eigenvalue weighted by Gasteiger charge is -2.12. The number of anilines is 1. The van der Waals surface area contributed by atoms with Crippen molar-refractivity contribution in [3.63, 3.8) is 0 Å². The summed E-state index contributed by atoms with van der Waals surface area (Å²) < 4.78 is 0. The van der Waals surface area contributed by atoms with Gasteiger partial charge in [0, 0.05) is 39.4 Å². The van der Waals surface area contributed by atoms with Crippen molar-refractivity contribution in [2.45, 2.75) is 6.92 Å². The molecule has 104 valence electrons. The monoisotopic (exact) mass is 267 g/mol. The predicted octanol–water partition coefficient (Wildman–Crippen LogP) is 0.981. The lowest BCUT2D eigenvalue weighted by atomic mass is 10.3. The van der Waals surface area contributed by atoms with E-state index in [1.165, 1.54) is 11.0 Å². The van der Waals surface area contributed by atoms with Crippen LogP contribution in [0.4, 0.5) is 16.3 Å². The van der Waals surface area contributed by atoms with Gasteiger partial charge in [-0.25, -0.2) is 9.78 Å². The summed E-state index contributed by atoms with van der Waals surface area (Å²) in [6, 6.07) is 1.24. The molecule has 2 amide bonds. The molecule has 8 heteroatoms. The Morgan fingerprint density at radius 2 is 2.16 bits per heavy atom. The van der Waals surface area contributed by atoms with Gasteiger partial charge in [-0.2, -0.15) is 0 Å². The minimum atomic E-state index is -0.485. The summed E-state index contributed by atoms with van der Waals surface area (Å²) in [5, 5.41) is 16.3. The van der Waals surface area contributed by atoms with Crippen molar-refractivity contribution >= 4 is 17.5 Å². The number of rotatable bonds is 5. The molecule has 0 aromatic carbocycles. The van der Waals surface area contributed by atoms with Gasteiger partial charge in [0.2, 0.25) is 5.82 Å². The average molecular weight is 267 g/mol. The van der Waals surface area contributed by atoms with Crippen LogP contribution in [0.25, 0.3) is 0 Å². The molecule has 2 N–H and O–H groups in total. The van der Waals surface area contributed by atoms with Crippen LogP contribution in [0.1, 0.15) is 5.56 Å². The van der Waals surface area contributed by atoms with Crippen molar-refractivity contribution in [3.05, 3.63) is 27.9 Å². The molecule has 0 spiro atoms. The highest BCUT2D eigenvalue weighted by molar-refractivity contribution is 5.73. The molecule has 0 bridgehead atoms. The van der Waals surface area contributed by atoms with Crippen LogP contribution in [-0.4, -0.2) is 48.0 Å². The number of nitro groups is 1. The van der Waals surface area contributed by atoms with Crippen molar-refractivity contribution in [1.29, 1.82) is 0 Å². The highest BCUT2D eigenvalue weighted by Crippen LogP contribution is 2.21. The number of nitrogens with zero attached hydrogens (tertiary/aromatic N) is 3. The van der Waals surface area contributed by atoms with E-state index in [-0.39, 0.29) is 17.5 Å². The van der Waals surface area contributed by atoms with Gasteiger partial charge in [-0.1, -0.05) is 0 Å². The Hall–Kier alpha value is -2.38. The Morgan fingerprint density at radius 3 is 2.74 bits per heavy atom. The Labute approximate surface area is 111 Å². The predicted molar refractivity (Wildman–Crippen MR) is 71.2 cm³/mol. The van der Waals surface area contributed by atoms with E-state index in [1.807, 2.05) is 0 Å². The third-order valence-corrected chi connectivity index (χ3v) is 2.30. The fourth-order valence-corrected chi connectivity index (χ4v) is 1.34. The van der Waals surface area contributed by atoms with Crippen LogP contribution in [-0.2, 0) is 0 Å². The number of aryl methyl sites for hydroxylation is 1. The highest BCUT2D eigenvalue weighted by Gasteiger charge is 2.14. The summed E-state index contributed by atoms with van der Waals surface area (Å²) in [5.41, 5.74) is 0.650. The van der Waals surface area contributed by atoms with Crippen LogP contribution in [0.2, 0.25) is 0 Å². The van der Waals surface area contributed by atoms with Gasteiger partial charge in [-0.3, -0.25) is 10.1 Å². The Bertz CT molecular complexity index is 475. The standard InChI is InChI=1S/C11H17N5O3/c1-8-6-9(16(18)19)10(14-7-8)12-4-5-13-11(17)15(2)3/h6-7H,4-5H2,1-3H3,(H,12,14)(H,13,17). The number of nitrogens with one attached hydrogen (secondary N) is 2. The van der Waals surface area contributed by atoms with Crippen LogP contribution in [0.15, 0.2) is 12.3 Å². The van der Waals surface area contributed by atoms with E-state index in [1.54, 1.807) is 27.2 Å². The molecule has 0 aliphatic rings. The summed E-state index contributed by atoms with van der Waals surface area (Å²) >= 11 is 0. The van der Waals surface area contributed by atoms with Crippen molar-refractivity contribution < 1.29 is 9.72 Å². The number of hydrogen-bond donors (Lipinski definition) is 2. The van der Waals surface area contributed by atoms with Gasteiger partial charge in [0.1, 0.15) is 0 Å². The molecule has 8 nitrogen and oxygen atoms in total. The molecule has 1 rings (SSSR count). The van der Waals surface area contributed by atoms with Gasteiger partial charge in [-0.15, -0.1) is 0 Å². The van der Waals surface area contributed by atoms with Crippen molar-refractivity contribution in [2.75, 3.05) is 32.5 Å². The molecule has 0 aliphatic heterocycles. The van der Waals surface area contributed by atoms with Crippen LogP contribution >= 0.6 is 0 Å². The SMILES string of the molecule is Cc1cnc(NCCNC(=O)N(C)C)c([N+](=O)[O-])c1. The third kappa shape index (κ3) is 4.41. The van der Waals surface area contributed by atoms with Gasteiger partial charge in [-0.05, 0) is 12.5 Å². The zero-order valence-electron chi connectivity index (χ0n) is 11.1. The maximum absolute atomic E-state index is 11.2. The number of carbonyl (C=O) groups is 1. The largest absolute Gasteiger partial charge is 0.363 e. The Balaban J connectivity index is 2.54. The van der Waals surface area contributed by atoms with Gasteiger partial charge in [0.15, 0.2) is 0 Å². The molecular weight excluding hydrogens is 250 g/mol. The molecule has 1 heterocycles. The molecule has 0 unspecified atom stereocenters. The Kier molecular flexibility index (Phi) is 5.04. The second-order valence-electron chi connectivity index (χ2n) is 4.19. The first-order chi connectivity index (χ1) is 8.91. The molecule has 0 saturated heterocycles. The lowest BCUT2D eigenvalue weighted by Crippen LogP contribution is -2.37. The lowest BCUT2D eigenvalue weighted by molar-refractivity contribution is -0.384. The molecule has 1 aromatic rings. The fraction of sp³-hybridized carbons (Fsp3) is 0.455. The molecule has 0 aliphatic carbocycles. The number of urea groups is 1. The summed E-state index contributed by atoms with van der Waals surface area (Å²) in [7, 11) is 3.27. The number of aromatic nitrogens is 1. The topological polar surface area (TPSA) is 100 Å². The van der Waals surface area contributed by atoms with E-state index in [2.05, 4.69) is 15.6 Å².